The molecule has 2 unspecified atom stereocenters. The number of ether oxygens (including phenoxy) is 2. The summed E-state index contributed by atoms with van der Waals surface area (Å²) in [6.07, 6.45) is 11.1. The van der Waals surface area contributed by atoms with Gasteiger partial charge in [0, 0.05) is 18.7 Å². The zero-order chi connectivity index (χ0) is 17.6. The van der Waals surface area contributed by atoms with E-state index in [-0.39, 0.29) is 5.91 Å². The first kappa shape index (κ1) is 17.8. The second-order valence-electron chi connectivity index (χ2n) is 6.96. The van der Waals surface area contributed by atoms with Crippen LogP contribution in [0.1, 0.15) is 51.0 Å². The molecule has 4 nitrogen and oxygen atoms in total. The molecule has 1 saturated carbocycles. The van der Waals surface area contributed by atoms with Crippen molar-refractivity contribution in [2.75, 3.05) is 20.3 Å². The third kappa shape index (κ3) is 4.17. The molecular weight excluding hydrogens is 314 g/mol. The SMILES string of the molecule is CCOc1ccc(/C=C/C(=O)N2CCCC3CCCCC32)cc1OC. The summed E-state index contributed by atoms with van der Waals surface area (Å²) in [4.78, 5) is 14.8. The number of hydrogen-bond acceptors (Lipinski definition) is 3. The van der Waals surface area contributed by atoms with Crippen LogP contribution in [0, 0.1) is 5.92 Å². The molecule has 0 radical (unpaired) electrons. The number of carbonyl (C=O) groups excluding carboxylic acids is 1. The number of piperidine rings is 1. The van der Waals surface area contributed by atoms with Gasteiger partial charge in [0.05, 0.1) is 13.7 Å². The Morgan fingerprint density at radius 3 is 2.80 bits per heavy atom. The largest absolute Gasteiger partial charge is 0.493 e. The topological polar surface area (TPSA) is 38.8 Å². The number of hydrogen-bond donors (Lipinski definition) is 0. The zero-order valence-corrected chi connectivity index (χ0v) is 15.4. The Morgan fingerprint density at radius 2 is 2.00 bits per heavy atom. The molecule has 2 fully saturated rings. The van der Waals surface area contributed by atoms with E-state index in [1.54, 1.807) is 13.2 Å². The predicted molar refractivity (Wildman–Crippen MR) is 99.9 cm³/mol. The molecule has 1 heterocycles. The summed E-state index contributed by atoms with van der Waals surface area (Å²) in [5, 5.41) is 0. The number of carbonyl (C=O) groups is 1. The Hall–Kier alpha value is -1.97. The standard InChI is InChI=1S/C21H29NO3/c1-3-25-19-12-10-16(15-20(19)24-2)11-13-21(23)22-14-6-8-17-7-4-5-9-18(17)22/h10-13,15,17-18H,3-9,14H2,1-2H3/b13-11+. The molecule has 0 spiro atoms. The first-order valence-corrected chi connectivity index (χ1v) is 9.52. The average Bonchev–Trinajstić information content (AvgIpc) is 2.66. The van der Waals surface area contributed by atoms with Gasteiger partial charge in [-0.25, -0.2) is 0 Å². The van der Waals surface area contributed by atoms with Gasteiger partial charge in [-0.05, 0) is 62.3 Å². The van der Waals surface area contributed by atoms with Crippen LogP contribution in [0.25, 0.3) is 6.08 Å². The highest BCUT2D eigenvalue weighted by Crippen LogP contribution is 2.35. The Labute approximate surface area is 150 Å². The first-order valence-electron chi connectivity index (χ1n) is 9.52. The van der Waals surface area contributed by atoms with Gasteiger partial charge in [0.1, 0.15) is 0 Å². The number of amides is 1. The van der Waals surface area contributed by atoms with E-state index in [2.05, 4.69) is 4.90 Å². The Bertz CT molecular complexity index is 624. The lowest BCUT2D eigenvalue weighted by Gasteiger charge is -2.43. The van der Waals surface area contributed by atoms with E-state index in [0.29, 0.717) is 24.3 Å². The quantitative estimate of drug-likeness (QED) is 0.749. The van der Waals surface area contributed by atoms with Crippen LogP contribution in [0.5, 0.6) is 11.5 Å². The van der Waals surface area contributed by atoms with E-state index in [1.165, 1.54) is 32.1 Å². The number of rotatable bonds is 5. The molecule has 1 aliphatic heterocycles. The molecule has 0 aromatic heterocycles. The van der Waals surface area contributed by atoms with Gasteiger partial charge in [0.15, 0.2) is 11.5 Å². The summed E-state index contributed by atoms with van der Waals surface area (Å²) in [5.41, 5.74) is 0.950. The van der Waals surface area contributed by atoms with E-state index in [9.17, 15) is 4.79 Å². The van der Waals surface area contributed by atoms with Gasteiger partial charge in [0.25, 0.3) is 0 Å². The van der Waals surface area contributed by atoms with E-state index in [0.717, 1.165) is 24.3 Å². The molecule has 1 amide bonds. The molecular formula is C21H29NO3. The van der Waals surface area contributed by atoms with E-state index < -0.39 is 0 Å². The molecule has 0 bridgehead atoms. The number of fused-ring (bicyclic) bond motifs is 1. The molecule has 1 saturated heterocycles. The Kier molecular flexibility index (Phi) is 6.00. The van der Waals surface area contributed by atoms with Crippen molar-refractivity contribution in [3.05, 3.63) is 29.8 Å². The van der Waals surface area contributed by atoms with Gasteiger partial charge in [-0.3, -0.25) is 4.79 Å². The maximum absolute atomic E-state index is 12.7. The van der Waals surface area contributed by atoms with Crippen molar-refractivity contribution in [3.8, 4) is 11.5 Å². The second kappa shape index (κ2) is 8.41. The van der Waals surface area contributed by atoms with Gasteiger partial charge in [-0.15, -0.1) is 0 Å². The summed E-state index contributed by atoms with van der Waals surface area (Å²) in [7, 11) is 1.63. The molecule has 1 aromatic rings. The number of benzene rings is 1. The smallest absolute Gasteiger partial charge is 0.246 e. The minimum atomic E-state index is 0.143. The second-order valence-corrected chi connectivity index (χ2v) is 6.96. The van der Waals surface area contributed by atoms with Crippen LogP contribution in [0.3, 0.4) is 0 Å². The van der Waals surface area contributed by atoms with Gasteiger partial charge in [-0.1, -0.05) is 18.9 Å². The summed E-state index contributed by atoms with van der Waals surface area (Å²) in [5.74, 6) is 2.28. The molecule has 2 atom stereocenters. The average molecular weight is 343 g/mol. The Morgan fingerprint density at radius 1 is 1.20 bits per heavy atom. The highest BCUT2D eigenvalue weighted by Gasteiger charge is 2.34. The lowest BCUT2D eigenvalue weighted by atomic mass is 9.78. The van der Waals surface area contributed by atoms with Gasteiger partial charge in [0.2, 0.25) is 5.91 Å². The molecule has 25 heavy (non-hydrogen) atoms. The molecule has 4 heteroatoms. The van der Waals surface area contributed by atoms with Crippen molar-refractivity contribution < 1.29 is 14.3 Å². The minimum absolute atomic E-state index is 0.143. The number of likely N-dealkylation sites (tertiary alicyclic amines) is 1. The summed E-state index contributed by atoms with van der Waals surface area (Å²) >= 11 is 0. The third-order valence-corrected chi connectivity index (χ3v) is 5.43. The van der Waals surface area contributed by atoms with Crippen LogP contribution < -0.4 is 9.47 Å². The fourth-order valence-electron chi connectivity index (χ4n) is 4.22. The van der Waals surface area contributed by atoms with E-state index in [1.807, 2.05) is 31.2 Å². The van der Waals surface area contributed by atoms with Crippen LogP contribution in [-0.2, 0) is 4.79 Å². The highest BCUT2D eigenvalue weighted by molar-refractivity contribution is 5.92. The molecule has 1 aliphatic carbocycles. The van der Waals surface area contributed by atoms with Gasteiger partial charge in [-0.2, -0.15) is 0 Å². The van der Waals surface area contributed by atoms with E-state index >= 15 is 0 Å². The maximum Gasteiger partial charge on any atom is 0.246 e. The van der Waals surface area contributed by atoms with E-state index in [4.69, 9.17) is 9.47 Å². The molecule has 2 aliphatic rings. The van der Waals surface area contributed by atoms with Gasteiger partial charge < -0.3 is 14.4 Å². The van der Waals surface area contributed by atoms with Crippen molar-refractivity contribution in [3.63, 3.8) is 0 Å². The molecule has 1 aromatic carbocycles. The van der Waals surface area contributed by atoms with Crippen molar-refractivity contribution >= 4 is 12.0 Å². The van der Waals surface area contributed by atoms with Crippen molar-refractivity contribution in [1.29, 1.82) is 0 Å². The molecule has 0 N–H and O–H groups in total. The van der Waals surface area contributed by atoms with Crippen LogP contribution in [0.4, 0.5) is 0 Å². The molecule has 136 valence electrons. The Balaban J connectivity index is 1.69. The van der Waals surface area contributed by atoms with Gasteiger partial charge >= 0.3 is 0 Å². The third-order valence-electron chi connectivity index (χ3n) is 5.43. The fourth-order valence-corrected chi connectivity index (χ4v) is 4.22. The molecule has 3 rings (SSSR count). The minimum Gasteiger partial charge on any atom is -0.493 e. The summed E-state index contributed by atoms with van der Waals surface area (Å²) in [6, 6.07) is 6.21. The summed E-state index contributed by atoms with van der Waals surface area (Å²) in [6.45, 7) is 3.45. The van der Waals surface area contributed by atoms with Crippen molar-refractivity contribution in [2.24, 2.45) is 5.92 Å². The summed E-state index contributed by atoms with van der Waals surface area (Å²) < 4.78 is 10.9. The highest BCUT2D eigenvalue weighted by atomic mass is 16.5. The monoisotopic (exact) mass is 343 g/mol. The van der Waals surface area contributed by atoms with Crippen LogP contribution in [0.15, 0.2) is 24.3 Å². The van der Waals surface area contributed by atoms with Crippen LogP contribution in [0.2, 0.25) is 0 Å². The zero-order valence-electron chi connectivity index (χ0n) is 15.4. The van der Waals surface area contributed by atoms with Crippen molar-refractivity contribution in [2.45, 2.75) is 51.5 Å². The number of nitrogens with zero attached hydrogens (tertiary/aromatic N) is 1. The fraction of sp³-hybridized carbons (Fsp3) is 0.571. The first-order chi connectivity index (χ1) is 12.2. The number of methoxy groups -OCH3 is 1. The maximum atomic E-state index is 12.7. The lowest BCUT2D eigenvalue weighted by molar-refractivity contribution is -0.132. The van der Waals surface area contributed by atoms with Crippen molar-refractivity contribution in [1.82, 2.24) is 4.90 Å². The normalized spacial score (nSPS) is 23.4. The lowest BCUT2D eigenvalue weighted by Crippen LogP contribution is -2.49. The van der Waals surface area contributed by atoms with Crippen LogP contribution in [-0.4, -0.2) is 37.1 Å². The van der Waals surface area contributed by atoms with Crippen LogP contribution >= 0.6 is 0 Å². The predicted octanol–water partition coefficient (Wildman–Crippen LogP) is 4.29.